The van der Waals surface area contributed by atoms with Gasteiger partial charge < -0.3 is 29.2 Å². The molecule has 0 aromatic heterocycles. The van der Waals surface area contributed by atoms with E-state index in [2.05, 4.69) is 16.3 Å². The predicted octanol–water partition coefficient (Wildman–Crippen LogP) is 0.595. The molecule has 7 heteroatoms. The monoisotopic (exact) mass is 356 g/mol. The molecule has 4 aliphatic heterocycles. The summed E-state index contributed by atoms with van der Waals surface area (Å²) >= 11 is 0. The van der Waals surface area contributed by atoms with Crippen LogP contribution in [0.5, 0.6) is 0 Å². The molecule has 25 heavy (non-hydrogen) atoms. The van der Waals surface area contributed by atoms with Crippen molar-refractivity contribution in [2.24, 2.45) is 0 Å². The average molecular weight is 356 g/mol. The number of nitrogens with one attached hydrogen (secondary N) is 1. The van der Waals surface area contributed by atoms with E-state index in [1.165, 1.54) is 5.70 Å². The van der Waals surface area contributed by atoms with Gasteiger partial charge in [0.25, 0.3) is 0 Å². The van der Waals surface area contributed by atoms with E-state index in [9.17, 15) is 4.79 Å². The van der Waals surface area contributed by atoms with E-state index in [1.54, 1.807) is 0 Å². The van der Waals surface area contributed by atoms with Gasteiger partial charge in [0, 0.05) is 51.1 Å². The fraction of sp³-hybridized carbons (Fsp3) is 0.833. The Hall–Kier alpha value is -0.990. The molecule has 3 fully saturated rings. The fourth-order valence-corrected chi connectivity index (χ4v) is 2.77. The number of Topliss-reactive ketones (excluding diaryl/α,β-unsaturated/α-hetero) is 1. The van der Waals surface area contributed by atoms with Crippen molar-refractivity contribution in [3.63, 3.8) is 0 Å². The normalized spacial score (nSPS) is 24.2. The Morgan fingerprint density at radius 3 is 1.80 bits per heavy atom. The van der Waals surface area contributed by atoms with E-state index >= 15 is 0 Å². The first-order valence-corrected chi connectivity index (χ1v) is 9.33. The summed E-state index contributed by atoms with van der Waals surface area (Å²) in [6.45, 7) is 10.6. The average Bonchev–Trinajstić information content (AvgIpc) is 2.72. The number of ether oxygens (including phenoxy) is 4. The zero-order valence-corrected chi connectivity index (χ0v) is 15.2. The second-order valence-electron chi connectivity index (χ2n) is 6.13. The van der Waals surface area contributed by atoms with Crippen LogP contribution in [0.3, 0.4) is 0 Å². The lowest BCUT2D eigenvalue weighted by molar-refractivity contribution is -0.124. The fourth-order valence-electron chi connectivity index (χ4n) is 2.77. The molecule has 4 heterocycles. The third-order valence-electron chi connectivity index (χ3n) is 4.25. The van der Waals surface area contributed by atoms with Gasteiger partial charge in [0.2, 0.25) is 0 Å². The Labute approximate surface area is 150 Å². The van der Waals surface area contributed by atoms with Crippen molar-refractivity contribution in [2.45, 2.75) is 19.3 Å². The molecule has 0 aromatic rings. The van der Waals surface area contributed by atoms with Gasteiger partial charge in [0.1, 0.15) is 5.78 Å². The van der Waals surface area contributed by atoms with Gasteiger partial charge in [-0.05, 0) is 6.08 Å². The van der Waals surface area contributed by atoms with Crippen molar-refractivity contribution in [3.05, 3.63) is 11.8 Å². The van der Waals surface area contributed by atoms with Gasteiger partial charge in [0.05, 0.1) is 52.9 Å². The smallest absolute Gasteiger partial charge is 0.137 e. The third-order valence-corrected chi connectivity index (χ3v) is 4.25. The molecule has 0 unspecified atom stereocenters. The van der Waals surface area contributed by atoms with Crippen molar-refractivity contribution in [2.75, 3.05) is 79.0 Å². The van der Waals surface area contributed by atoms with E-state index in [4.69, 9.17) is 18.9 Å². The molecule has 3 saturated heterocycles. The molecule has 144 valence electrons. The Bertz CT molecular complexity index is 373. The molecule has 4 aliphatic rings. The van der Waals surface area contributed by atoms with Crippen LogP contribution in [0.1, 0.15) is 19.3 Å². The number of carbonyl (C=O) groups is 1. The maximum atomic E-state index is 10.4. The van der Waals surface area contributed by atoms with Gasteiger partial charge in [-0.3, -0.25) is 4.79 Å². The molecule has 0 saturated carbocycles. The maximum absolute atomic E-state index is 10.4. The topological polar surface area (TPSA) is 69.3 Å². The van der Waals surface area contributed by atoms with Crippen molar-refractivity contribution in [3.8, 4) is 0 Å². The summed E-state index contributed by atoms with van der Waals surface area (Å²) in [4.78, 5) is 12.8. The van der Waals surface area contributed by atoms with Gasteiger partial charge in [0.15, 0.2) is 0 Å². The van der Waals surface area contributed by atoms with E-state index in [1.807, 2.05) is 0 Å². The molecule has 0 atom stereocenters. The molecule has 0 bridgehead atoms. The molecular weight excluding hydrogens is 324 g/mol. The second kappa shape index (κ2) is 13.2. The van der Waals surface area contributed by atoms with Crippen LogP contribution < -0.4 is 5.32 Å². The molecular formula is C18H32N2O5. The summed E-state index contributed by atoms with van der Waals surface area (Å²) in [5.41, 5.74) is 1.45. The third kappa shape index (κ3) is 9.32. The summed E-state index contributed by atoms with van der Waals surface area (Å²) in [5, 5.41) is 3.16. The van der Waals surface area contributed by atoms with Crippen LogP contribution in [0.4, 0.5) is 0 Å². The van der Waals surface area contributed by atoms with Gasteiger partial charge in [-0.1, -0.05) is 0 Å². The highest BCUT2D eigenvalue weighted by Crippen LogP contribution is 2.14. The van der Waals surface area contributed by atoms with Gasteiger partial charge in [-0.25, -0.2) is 0 Å². The number of ketones is 1. The molecule has 0 aliphatic carbocycles. The minimum Gasteiger partial charge on any atom is -0.381 e. The van der Waals surface area contributed by atoms with Crippen LogP contribution >= 0.6 is 0 Å². The van der Waals surface area contributed by atoms with E-state index in [0.29, 0.717) is 31.8 Å². The van der Waals surface area contributed by atoms with E-state index in [0.717, 1.165) is 72.2 Å². The van der Waals surface area contributed by atoms with E-state index < -0.39 is 0 Å². The van der Waals surface area contributed by atoms with Gasteiger partial charge in [-0.2, -0.15) is 0 Å². The first kappa shape index (κ1) is 20.3. The molecule has 0 radical (unpaired) electrons. The highest BCUT2D eigenvalue weighted by atomic mass is 16.5. The number of nitrogens with zero attached hydrogens (tertiary/aromatic N) is 1. The van der Waals surface area contributed by atoms with Crippen molar-refractivity contribution < 1.29 is 23.7 Å². The van der Waals surface area contributed by atoms with Crippen molar-refractivity contribution >= 4 is 5.78 Å². The Morgan fingerprint density at radius 2 is 1.36 bits per heavy atom. The predicted molar refractivity (Wildman–Crippen MR) is 94.7 cm³/mol. The van der Waals surface area contributed by atoms with Crippen molar-refractivity contribution in [1.82, 2.24) is 10.2 Å². The van der Waals surface area contributed by atoms with Crippen molar-refractivity contribution in [1.29, 1.82) is 0 Å². The first-order chi connectivity index (χ1) is 12.4. The van der Waals surface area contributed by atoms with Crippen LogP contribution in [0, 0.1) is 0 Å². The quantitative estimate of drug-likeness (QED) is 0.738. The molecule has 4 rings (SSSR count). The summed E-state index contributed by atoms with van der Waals surface area (Å²) in [5.74, 6) is 0.339. The first-order valence-electron chi connectivity index (χ1n) is 9.33. The summed E-state index contributed by atoms with van der Waals surface area (Å²) in [7, 11) is 0. The van der Waals surface area contributed by atoms with Crippen LogP contribution in [-0.2, 0) is 23.7 Å². The van der Waals surface area contributed by atoms with Crippen LogP contribution in [0.15, 0.2) is 11.8 Å². The zero-order chi connectivity index (χ0) is 17.6. The number of rotatable bonds is 1. The highest BCUT2D eigenvalue weighted by molar-refractivity contribution is 5.78. The molecule has 0 amide bonds. The van der Waals surface area contributed by atoms with Crippen LogP contribution in [0.2, 0.25) is 0 Å². The Balaban J connectivity index is 0.000000148. The number of hydrogen-bond donors (Lipinski definition) is 1. The summed E-state index contributed by atoms with van der Waals surface area (Å²) in [6, 6.07) is 0. The maximum Gasteiger partial charge on any atom is 0.137 e. The summed E-state index contributed by atoms with van der Waals surface area (Å²) in [6.07, 6.45) is 4.51. The largest absolute Gasteiger partial charge is 0.381 e. The number of carbonyl (C=O) groups excluding carboxylic acids is 1. The second-order valence-corrected chi connectivity index (χ2v) is 6.13. The lowest BCUT2D eigenvalue weighted by Crippen LogP contribution is -2.36. The minimum absolute atomic E-state index is 0.339. The lowest BCUT2D eigenvalue weighted by Gasteiger charge is -2.32. The van der Waals surface area contributed by atoms with Crippen LogP contribution in [0.25, 0.3) is 0 Å². The zero-order valence-electron chi connectivity index (χ0n) is 15.2. The number of hydrogen-bond acceptors (Lipinski definition) is 7. The SMILES string of the molecule is C1=C(N2CCOCC2)CCOC1.C1COCCN1.O=C1CCOCC1. The van der Waals surface area contributed by atoms with E-state index in [-0.39, 0.29) is 0 Å². The van der Waals surface area contributed by atoms with Crippen LogP contribution in [-0.4, -0.2) is 89.7 Å². The molecule has 0 aromatic carbocycles. The highest BCUT2D eigenvalue weighted by Gasteiger charge is 2.14. The molecule has 1 N–H and O–H groups in total. The molecule has 7 nitrogen and oxygen atoms in total. The molecule has 0 spiro atoms. The van der Waals surface area contributed by atoms with Gasteiger partial charge >= 0.3 is 0 Å². The minimum atomic E-state index is 0.339. The Morgan fingerprint density at radius 1 is 0.760 bits per heavy atom. The number of morpholine rings is 2. The summed E-state index contributed by atoms with van der Waals surface area (Å²) < 4.78 is 20.5. The standard InChI is InChI=1S/C9H15NO2.C5H8O2.C4H9NO/c1-5-11-6-2-9(1)10-3-7-12-8-4-10;6-5-1-3-7-4-2-5;1-3-6-4-2-5-1/h1H,2-8H2;1-4H2;5H,1-4H2. The van der Waals surface area contributed by atoms with Gasteiger partial charge in [-0.15, -0.1) is 0 Å². The lowest BCUT2D eigenvalue weighted by atomic mass is 10.2. The Kier molecular flexibility index (Phi) is 10.8.